The summed E-state index contributed by atoms with van der Waals surface area (Å²) in [6.07, 6.45) is 3.90. The van der Waals surface area contributed by atoms with E-state index in [0.717, 1.165) is 37.3 Å². The van der Waals surface area contributed by atoms with Crippen molar-refractivity contribution in [2.45, 2.75) is 32.5 Å². The van der Waals surface area contributed by atoms with Gasteiger partial charge in [0, 0.05) is 20.1 Å². The standard InChI is InChI=1S/C19H26N4O2/c1-15-18(12-20-22(15)2)21-19(24)13-23-10-8-17(9-11-23)25-14-16-6-4-3-5-7-16/h3-7,12,17H,8-11,13-14H2,1-2H3,(H,21,24). The van der Waals surface area contributed by atoms with E-state index >= 15 is 0 Å². The van der Waals surface area contributed by atoms with Crippen molar-refractivity contribution in [2.24, 2.45) is 7.05 Å². The van der Waals surface area contributed by atoms with Gasteiger partial charge in [-0.05, 0) is 25.3 Å². The summed E-state index contributed by atoms with van der Waals surface area (Å²) in [6.45, 7) is 4.79. The highest BCUT2D eigenvalue weighted by molar-refractivity contribution is 5.92. The lowest BCUT2D eigenvalue weighted by Gasteiger charge is -2.31. The summed E-state index contributed by atoms with van der Waals surface area (Å²) >= 11 is 0. The van der Waals surface area contributed by atoms with Crippen LogP contribution in [-0.4, -0.2) is 46.3 Å². The molecule has 1 aliphatic rings. The molecule has 1 amide bonds. The van der Waals surface area contributed by atoms with Gasteiger partial charge in [-0.25, -0.2) is 0 Å². The van der Waals surface area contributed by atoms with Gasteiger partial charge < -0.3 is 10.1 Å². The van der Waals surface area contributed by atoms with E-state index in [4.69, 9.17) is 4.74 Å². The molecule has 1 aliphatic heterocycles. The number of nitrogens with zero attached hydrogens (tertiary/aromatic N) is 3. The number of hydrogen-bond donors (Lipinski definition) is 1. The van der Waals surface area contributed by atoms with Gasteiger partial charge in [-0.2, -0.15) is 5.10 Å². The molecular formula is C19H26N4O2. The van der Waals surface area contributed by atoms with Gasteiger partial charge in [-0.3, -0.25) is 14.4 Å². The van der Waals surface area contributed by atoms with Crippen molar-refractivity contribution in [1.82, 2.24) is 14.7 Å². The summed E-state index contributed by atoms with van der Waals surface area (Å²) in [4.78, 5) is 14.4. The molecule has 1 aromatic heterocycles. The molecule has 1 saturated heterocycles. The summed E-state index contributed by atoms with van der Waals surface area (Å²) in [6, 6.07) is 10.2. The van der Waals surface area contributed by atoms with Gasteiger partial charge in [0.15, 0.2) is 0 Å². The van der Waals surface area contributed by atoms with Gasteiger partial charge >= 0.3 is 0 Å². The second-order valence-electron chi connectivity index (χ2n) is 6.59. The smallest absolute Gasteiger partial charge is 0.238 e. The highest BCUT2D eigenvalue weighted by Crippen LogP contribution is 2.16. The van der Waals surface area contributed by atoms with Crippen LogP contribution in [0.1, 0.15) is 24.1 Å². The first-order valence-corrected chi connectivity index (χ1v) is 8.78. The first-order valence-electron chi connectivity index (χ1n) is 8.78. The number of amides is 1. The molecule has 1 fully saturated rings. The fourth-order valence-electron chi connectivity index (χ4n) is 3.04. The lowest BCUT2D eigenvalue weighted by Crippen LogP contribution is -2.41. The first kappa shape index (κ1) is 17.6. The van der Waals surface area contributed by atoms with Crippen LogP contribution in [0, 0.1) is 6.92 Å². The molecule has 1 aromatic carbocycles. The summed E-state index contributed by atoms with van der Waals surface area (Å²) in [5, 5.41) is 7.08. The molecule has 134 valence electrons. The van der Waals surface area contributed by atoms with Crippen molar-refractivity contribution in [3.8, 4) is 0 Å². The molecule has 2 heterocycles. The maximum atomic E-state index is 12.2. The first-order chi connectivity index (χ1) is 12.1. The topological polar surface area (TPSA) is 59.4 Å². The quantitative estimate of drug-likeness (QED) is 0.875. The van der Waals surface area contributed by atoms with E-state index in [1.54, 1.807) is 10.9 Å². The number of likely N-dealkylation sites (tertiary alicyclic amines) is 1. The van der Waals surface area contributed by atoms with Crippen LogP contribution in [0.5, 0.6) is 0 Å². The van der Waals surface area contributed by atoms with Crippen molar-refractivity contribution < 1.29 is 9.53 Å². The van der Waals surface area contributed by atoms with E-state index in [9.17, 15) is 4.79 Å². The largest absolute Gasteiger partial charge is 0.373 e. The normalized spacial score (nSPS) is 16.1. The predicted octanol–water partition coefficient (Wildman–Crippen LogP) is 2.35. The third-order valence-electron chi connectivity index (χ3n) is 4.74. The third-order valence-corrected chi connectivity index (χ3v) is 4.74. The van der Waals surface area contributed by atoms with Crippen molar-refractivity contribution in [3.63, 3.8) is 0 Å². The Morgan fingerprint density at radius 1 is 1.28 bits per heavy atom. The van der Waals surface area contributed by atoms with Gasteiger partial charge in [0.1, 0.15) is 0 Å². The molecular weight excluding hydrogens is 316 g/mol. The molecule has 0 aliphatic carbocycles. The van der Waals surface area contributed by atoms with Crippen LogP contribution in [-0.2, 0) is 23.2 Å². The minimum atomic E-state index is 0.0137. The van der Waals surface area contributed by atoms with E-state index in [0.29, 0.717) is 13.2 Å². The molecule has 1 N–H and O–H groups in total. The van der Waals surface area contributed by atoms with Crippen LogP contribution in [0.4, 0.5) is 5.69 Å². The molecule has 0 atom stereocenters. The SMILES string of the molecule is Cc1c(NC(=O)CN2CCC(OCc3ccccc3)CC2)cnn1C. The van der Waals surface area contributed by atoms with Gasteiger partial charge in [0.2, 0.25) is 5.91 Å². The van der Waals surface area contributed by atoms with E-state index < -0.39 is 0 Å². The number of nitrogens with one attached hydrogen (secondary N) is 1. The Hall–Kier alpha value is -2.18. The Morgan fingerprint density at radius 3 is 2.64 bits per heavy atom. The number of piperidine rings is 1. The number of rotatable bonds is 6. The summed E-state index contributed by atoms with van der Waals surface area (Å²) in [5.41, 5.74) is 2.95. The molecule has 3 rings (SSSR count). The third kappa shape index (κ3) is 4.90. The van der Waals surface area contributed by atoms with Crippen molar-refractivity contribution in [2.75, 3.05) is 25.0 Å². The molecule has 25 heavy (non-hydrogen) atoms. The predicted molar refractivity (Wildman–Crippen MR) is 97.3 cm³/mol. The molecule has 0 radical (unpaired) electrons. The lowest BCUT2D eigenvalue weighted by molar-refractivity contribution is -0.118. The van der Waals surface area contributed by atoms with Crippen LogP contribution in [0.25, 0.3) is 0 Å². The number of ether oxygens (including phenoxy) is 1. The number of benzene rings is 1. The second-order valence-corrected chi connectivity index (χ2v) is 6.59. The number of carbonyl (C=O) groups excluding carboxylic acids is 1. The zero-order valence-electron chi connectivity index (χ0n) is 14.9. The Morgan fingerprint density at radius 2 is 2.00 bits per heavy atom. The Balaban J connectivity index is 1.38. The van der Waals surface area contributed by atoms with Gasteiger partial charge in [-0.1, -0.05) is 30.3 Å². The van der Waals surface area contributed by atoms with Crippen LogP contribution < -0.4 is 5.32 Å². The van der Waals surface area contributed by atoms with Crippen LogP contribution >= 0.6 is 0 Å². The molecule has 2 aromatic rings. The van der Waals surface area contributed by atoms with Crippen LogP contribution in [0.2, 0.25) is 0 Å². The molecule has 0 bridgehead atoms. The summed E-state index contributed by atoms with van der Waals surface area (Å²) in [7, 11) is 1.87. The van der Waals surface area contributed by atoms with Gasteiger partial charge in [0.05, 0.1) is 36.8 Å². The molecule has 0 spiro atoms. The highest BCUT2D eigenvalue weighted by Gasteiger charge is 2.21. The zero-order valence-corrected chi connectivity index (χ0v) is 14.9. The second kappa shape index (κ2) is 8.27. The highest BCUT2D eigenvalue weighted by atomic mass is 16.5. The minimum Gasteiger partial charge on any atom is -0.373 e. The summed E-state index contributed by atoms with van der Waals surface area (Å²) < 4.78 is 7.75. The maximum Gasteiger partial charge on any atom is 0.238 e. The van der Waals surface area contributed by atoms with Crippen molar-refractivity contribution in [3.05, 3.63) is 47.8 Å². The number of aromatic nitrogens is 2. The molecule has 6 heteroatoms. The van der Waals surface area contributed by atoms with Crippen molar-refractivity contribution in [1.29, 1.82) is 0 Å². The number of carbonyl (C=O) groups is 1. The van der Waals surface area contributed by atoms with Crippen molar-refractivity contribution >= 4 is 11.6 Å². The molecule has 0 saturated carbocycles. The fourth-order valence-corrected chi connectivity index (χ4v) is 3.04. The fraction of sp³-hybridized carbons (Fsp3) is 0.474. The van der Waals surface area contributed by atoms with E-state index in [1.165, 1.54) is 5.56 Å². The Bertz CT molecular complexity index is 691. The van der Waals surface area contributed by atoms with E-state index in [1.807, 2.05) is 32.2 Å². The minimum absolute atomic E-state index is 0.0137. The molecule has 6 nitrogen and oxygen atoms in total. The Kier molecular flexibility index (Phi) is 5.83. The number of hydrogen-bond acceptors (Lipinski definition) is 4. The van der Waals surface area contributed by atoms with Gasteiger partial charge in [0.25, 0.3) is 0 Å². The van der Waals surface area contributed by atoms with E-state index in [-0.39, 0.29) is 12.0 Å². The van der Waals surface area contributed by atoms with Crippen LogP contribution in [0.15, 0.2) is 36.5 Å². The number of aryl methyl sites for hydroxylation is 1. The molecule has 0 unspecified atom stereocenters. The summed E-state index contributed by atoms with van der Waals surface area (Å²) in [5.74, 6) is 0.0137. The lowest BCUT2D eigenvalue weighted by atomic mass is 10.1. The van der Waals surface area contributed by atoms with Gasteiger partial charge in [-0.15, -0.1) is 0 Å². The monoisotopic (exact) mass is 342 g/mol. The average molecular weight is 342 g/mol. The maximum absolute atomic E-state index is 12.2. The van der Waals surface area contributed by atoms with Crippen LogP contribution in [0.3, 0.4) is 0 Å². The Labute approximate surface area is 148 Å². The average Bonchev–Trinajstić information content (AvgIpc) is 2.94. The van der Waals surface area contributed by atoms with E-state index in [2.05, 4.69) is 27.4 Å². The number of anilines is 1. The zero-order chi connectivity index (χ0) is 17.6.